The van der Waals surface area contributed by atoms with Crippen LogP contribution in [0, 0.1) is 11.5 Å². The number of aliphatic imine (C=N–C) groups is 1. The molecule has 0 fully saturated rings. The van der Waals surface area contributed by atoms with Gasteiger partial charge in [0.2, 0.25) is 5.88 Å². The molecule has 1 aromatic heterocycles. The second-order valence-corrected chi connectivity index (χ2v) is 10.4. The van der Waals surface area contributed by atoms with E-state index in [0.717, 1.165) is 22.4 Å². The molecular formula is C28H23N2O2PtS-. The van der Waals surface area contributed by atoms with E-state index in [-0.39, 0.29) is 38.3 Å². The zero-order valence-electron chi connectivity index (χ0n) is 18.8. The van der Waals surface area contributed by atoms with Crippen LogP contribution in [0.3, 0.4) is 0 Å². The summed E-state index contributed by atoms with van der Waals surface area (Å²) in [6, 6.07) is 27.3. The number of nitrogens with zero attached hydrogens (tertiary/aromatic N) is 2. The van der Waals surface area contributed by atoms with Crippen LogP contribution in [0.1, 0.15) is 35.8 Å². The molecule has 0 amide bonds. The summed E-state index contributed by atoms with van der Waals surface area (Å²) in [5.41, 5.74) is 4.38. The van der Waals surface area contributed by atoms with Crippen LogP contribution in [0.2, 0.25) is 0 Å². The molecule has 1 N–H and O–H groups in total. The second kappa shape index (κ2) is 8.87. The maximum Gasteiger partial charge on any atom is 0.217 e. The molecular weight excluding hydrogens is 623 g/mol. The Morgan fingerprint density at radius 1 is 1.00 bits per heavy atom. The number of benzene rings is 3. The number of aromatic hydroxyl groups is 1. The topological polar surface area (TPSA) is 54.7 Å². The van der Waals surface area contributed by atoms with E-state index >= 15 is 0 Å². The second-order valence-electron chi connectivity index (χ2n) is 9.31. The molecule has 4 nitrogen and oxygen atoms in total. The summed E-state index contributed by atoms with van der Waals surface area (Å²) in [4.78, 5) is 9.65. The molecule has 0 saturated carbocycles. The van der Waals surface area contributed by atoms with Crippen LogP contribution >= 0.6 is 11.8 Å². The van der Waals surface area contributed by atoms with Crippen LogP contribution in [0.25, 0.3) is 10.9 Å². The maximum absolute atomic E-state index is 10.1. The van der Waals surface area contributed by atoms with E-state index in [2.05, 4.69) is 49.2 Å². The van der Waals surface area contributed by atoms with Crippen molar-refractivity contribution in [2.24, 2.45) is 10.4 Å². The van der Waals surface area contributed by atoms with Crippen molar-refractivity contribution in [1.29, 1.82) is 0 Å². The predicted octanol–water partition coefficient (Wildman–Crippen LogP) is 6.72. The van der Waals surface area contributed by atoms with E-state index < -0.39 is 0 Å². The van der Waals surface area contributed by atoms with Crippen LogP contribution in [-0.4, -0.2) is 21.2 Å². The molecule has 6 rings (SSSR count). The molecule has 1 aliphatic heterocycles. The molecule has 0 radical (unpaired) electrons. The molecule has 0 saturated heterocycles. The Bertz CT molecular complexity index is 1420. The van der Waals surface area contributed by atoms with Gasteiger partial charge in [0.15, 0.2) is 0 Å². The average molecular weight is 647 g/mol. The molecule has 2 atom stereocenters. The minimum absolute atomic E-state index is 0. The zero-order valence-corrected chi connectivity index (χ0v) is 21.9. The van der Waals surface area contributed by atoms with Crippen molar-refractivity contribution in [3.8, 4) is 17.4 Å². The molecule has 0 spiro atoms. The van der Waals surface area contributed by atoms with Crippen molar-refractivity contribution in [3.63, 3.8) is 0 Å². The summed E-state index contributed by atoms with van der Waals surface area (Å²) >= 11 is 1.83. The Morgan fingerprint density at radius 2 is 1.82 bits per heavy atom. The van der Waals surface area contributed by atoms with E-state index in [1.807, 2.05) is 42.1 Å². The predicted molar refractivity (Wildman–Crippen MR) is 133 cm³/mol. The Morgan fingerprint density at radius 3 is 2.71 bits per heavy atom. The third-order valence-electron chi connectivity index (χ3n) is 6.48. The number of hydrogen-bond donors (Lipinski definition) is 1. The van der Waals surface area contributed by atoms with Gasteiger partial charge in [-0.25, -0.2) is 4.98 Å². The maximum atomic E-state index is 10.1. The Balaban J connectivity index is 0.00000241. The van der Waals surface area contributed by atoms with Gasteiger partial charge in [-0.3, -0.25) is 0 Å². The fraction of sp³-hybridized carbons (Fsp3) is 0.214. The van der Waals surface area contributed by atoms with Gasteiger partial charge < -0.3 is 14.8 Å². The number of hydrogen-bond acceptors (Lipinski definition) is 5. The van der Waals surface area contributed by atoms with Gasteiger partial charge in [0.1, 0.15) is 11.3 Å². The Hall–Kier alpha value is -2.62. The molecule has 34 heavy (non-hydrogen) atoms. The van der Waals surface area contributed by atoms with Crippen LogP contribution in [0.5, 0.6) is 17.4 Å². The zero-order chi connectivity index (χ0) is 22.6. The van der Waals surface area contributed by atoms with Gasteiger partial charge >= 0.3 is 0 Å². The van der Waals surface area contributed by atoms with Crippen LogP contribution in [0.4, 0.5) is 0 Å². The summed E-state index contributed by atoms with van der Waals surface area (Å²) in [7, 11) is 0. The van der Waals surface area contributed by atoms with Crippen LogP contribution in [-0.2, 0) is 27.5 Å². The van der Waals surface area contributed by atoms with Gasteiger partial charge in [0.25, 0.3) is 0 Å². The minimum Gasteiger partial charge on any atom is -0.506 e. The fourth-order valence-corrected chi connectivity index (χ4v) is 6.42. The number of thioether (sulfide) groups is 1. The number of aromatic nitrogens is 1. The van der Waals surface area contributed by atoms with Crippen molar-refractivity contribution in [3.05, 3.63) is 95.6 Å². The Kier molecular flexibility index (Phi) is 6.03. The minimum atomic E-state index is 0. The van der Waals surface area contributed by atoms with Gasteiger partial charge in [0.05, 0.1) is 6.04 Å². The number of para-hydroxylation sites is 1. The molecule has 0 unspecified atom stereocenters. The summed E-state index contributed by atoms with van der Waals surface area (Å²) in [6.07, 6.45) is 1.04. The number of phenolic OH excluding ortho intramolecular Hbond substituents is 1. The van der Waals surface area contributed by atoms with Crippen molar-refractivity contribution in [2.75, 3.05) is 0 Å². The first-order valence-electron chi connectivity index (χ1n) is 11.1. The van der Waals surface area contributed by atoms with Gasteiger partial charge in [-0.15, -0.1) is 35.5 Å². The van der Waals surface area contributed by atoms with Crippen LogP contribution in [0.15, 0.2) is 77.8 Å². The average Bonchev–Trinajstić information content (AvgIpc) is 3.27. The quantitative estimate of drug-likeness (QED) is 0.252. The molecule has 4 aromatic rings. The monoisotopic (exact) mass is 646 g/mol. The van der Waals surface area contributed by atoms with Crippen molar-refractivity contribution in [1.82, 2.24) is 4.98 Å². The van der Waals surface area contributed by atoms with E-state index in [9.17, 15) is 5.11 Å². The molecule has 174 valence electrons. The van der Waals surface area contributed by atoms with E-state index in [0.29, 0.717) is 22.4 Å². The van der Waals surface area contributed by atoms with Gasteiger partial charge in [-0.2, -0.15) is 0 Å². The van der Waals surface area contributed by atoms with E-state index in [1.54, 1.807) is 18.2 Å². The first-order chi connectivity index (χ1) is 16.0. The largest absolute Gasteiger partial charge is 0.506 e. The van der Waals surface area contributed by atoms with Crippen LogP contribution < -0.4 is 4.74 Å². The van der Waals surface area contributed by atoms with Crippen molar-refractivity contribution < 1.29 is 30.9 Å². The summed E-state index contributed by atoms with van der Waals surface area (Å²) < 4.78 is 6.02. The standard InChI is InChI=1S/C28H23N2O2S.Pt/c1-28(2)16-19-7-3-4-11-21(19)25-26(28)30-27(33-25)18-9-5-10-20(15-18)32-23-14-13-17-8-6-12-22(31)24(17)29-23;/h3-14,25-26,31H,16H2,1-2H3;/q-1;/t25-,26-;/m1./s1. The molecule has 6 heteroatoms. The van der Waals surface area contributed by atoms with Gasteiger partial charge in [0, 0.05) is 48.6 Å². The van der Waals surface area contributed by atoms with E-state index in [1.165, 1.54) is 11.1 Å². The van der Waals surface area contributed by atoms with E-state index in [4.69, 9.17) is 9.73 Å². The Labute approximate surface area is 217 Å². The van der Waals surface area contributed by atoms with Gasteiger partial charge in [-0.1, -0.05) is 56.3 Å². The molecule has 0 bridgehead atoms. The third kappa shape index (κ3) is 4.06. The van der Waals surface area contributed by atoms with Crippen molar-refractivity contribution >= 4 is 27.7 Å². The fourth-order valence-electron chi connectivity index (χ4n) is 4.84. The first kappa shape index (κ1) is 23.1. The van der Waals surface area contributed by atoms with Crippen molar-refractivity contribution in [2.45, 2.75) is 31.6 Å². The van der Waals surface area contributed by atoms with Gasteiger partial charge in [-0.05, 0) is 35.1 Å². The number of rotatable bonds is 3. The number of pyridine rings is 1. The molecule has 2 heterocycles. The SMILES string of the molecule is CC1(C)Cc2ccccc2[C@H]2SC(c3[c-]c(Oc4ccc5cccc(O)c5n4)ccc3)=N[C@H]21.[Pt]. The number of phenols is 1. The molecule has 2 aliphatic rings. The normalized spacial score (nSPS) is 20.1. The molecule has 3 aromatic carbocycles. The number of fused-ring (bicyclic) bond motifs is 4. The summed E-state index contributed by atoms with van der Waals surface area (Å²) in [6.45, 7) is 4.63. The third-order valence-corrected chi connectivity index (χ3v) is 7.79. The molecule has 1 aliphatic carbocycles. The summed E-state index contributed by atoms with van der Waals surface area (Å²) in [5, 5.41) is 12.3. The summed E-state index contributed by atoms with van der Waals surface area (Å²) in [5.74, 6) is 1.13. The smallest absolute Gasteiger partial charge is 0.217 e. The number of ether oxygens (including phenoxy) is 1. The first-order valence-corrected chi connectivity index (χ1v) is 12.0.